The van der Waals surface area contributed by atoms with Crippen LogP contribution in [0.25, 0.3) is 16.6 Å². The molecule has 1 unspecified atom stereocenters. The van der Waals surface area contributed by atoms with Crippen molar-refractivity contribution in [2.45, 2.75) is 58.4 Å². The van der Waals surface area contributed by atoms with Crippen molar-refractivity contribution in [2.24, 2.45) is 5.92 Å². The van der Waals surface area contributed by atoms with Gasteiger partial charge in [-0.2, -0.15) is 0 Å². The standard InChI is InChI=1S/C27H33N3O3/c1-4-5-18-29(26(31)20-12-6-7-13-20)19(2)25-28-22-15-9-8-14-21(22)27(32)30(25)23-16-10-11-17-24(23)33-3/h8-11,14-17,19-20H,4-7,12-13,18H2,1-3H3. The van der Waals surface area contributed by atoms with Crippen molar-refractivity contribution in [3.05, 3.63) is 64.7 Å². The number of carbonyl (C=O) groups is 1. The van der Waals surface area contributed by atoms with Crippen LogP contribution in [0.5, 0.6) is 5.75 Å². The molecule has 0 bridgehead atoms. The van der Waals surface area contributed by atoms with Crippen molar-refractivity contribution in [1.29, 1.82) is 0 Å². The minimum Gasteiger partial charge on any atom is -0.495 e. The minimum atomic E-state index is -0.355. The summed E-state index contributed by atoms with van der Waals surface area (Å²) in [4.78, 5) is 34.2. The van der Waals surface area contributed by atoms with Gasteiger partial charge in [-0.3, -0.25) is 14.2 Å². The number of para-hydroxylation sites is 3. The number of nitrogens with zero attached hydrogens (tertiary/aromatic N) is 3. The van der Waals surface area contributed by atoms with Gasteiger partial charge in [0.25, 0.3) is 5.56 Å². The number of unbranched alkanes of at least 4 members (excludes halogenated alkanes) is 1. The van der Waals surface area contributed by atoms with Crippen LogP contribution in [0.15, 0.2) is 53.3 Å². The Bertz CT molecular complexity index is 1180. The van der Waals surface area contributed by atoms with Gasteiger partial charge in [0.15, 0.2) is 0 Å². The summed E-state index contributed by atoms with van der Waals surface area (Å²) in [6, 6.07) is 14.5. The molecule has 1 fully saturated rings. The van der Waals surface area contributed by atoms with E-state index in [-0.39, 0.29) is 23.4 Å². The van der Waals surface area contributed by atoms with E-state index in [9.17, 15) is 9.59 Å². The predicted octanol–water partition coefficient (Wildman–Crippen LogP) is 5.27. The number of amides is 1. The van der Waals surface area contributed by atoms with Crippen LogP contribution in [0, 0.1) is 5.92 Å². The van der Waals surface area contributed by atoms with Gasteiger partial charge in [0.05, 0.1) is 29.7 Å². The van der Waals surface area contributed by atoms with Crippen molar-refractivity contribution < 1.29 is 9.53 Å². The highest BCUT2D eigenvalue weighted by Gasteiger charge is 2.32. The Balaban J connectivity index is 1.90. The van der Waals surface area contributed by atoms with Gasteiger partial charge in [-0.1, -0.05) is 50.5 Å². The van der Waals surface area contributed by atoms with Crippen LogP contribution in [-0.2, 0) is 4.79 Å². The number of hydrogen-bond acceptors (Lipinski definition) is 4. The van der Waals surface area contributed by atoms with Gasteiger partial charge in [0.2, 0.25) is 5.91 Å². The van der Waals surface area contributed by atoms with Gasteiger partial charge in [-0.15, -0.1) is 0 Å². The maximum atomic E-state index is 13.7. The first-order valence-corrected chi connectivity index (χ1v) is 12.0. The topological polar surface area (TPSA) is 64.4 Å². The minimum absolute atomic E-state index is 0.0659. The van der Waals surface area contributed by atoms with Gasteiger partial charge < -0.3 is 9.64 Å². The molecule has 3 aromatic rings. The Morgan fingerprint density at radius 2 is 1.85 bits per heavy atom. The molecule has 33 heavy (non-hydrogen) atoms. The number of rotatable bonds is 8. The van der Waals surface area contributed by atoms with Crippen molar-refractivity contribution in [2.75, 3.05) is 13.7 Å². The summed E-state index contributed by atoms with van der Waals surface area (Å²) in [5, 5.41) is 0.543. The SMILES string of the molecule is CCCCN(C(=O)C1CCCC1)C(C)c1nc2ccccc2c(=O)n1-c1ccccc1OC. The quantitative estimate of drug-likeness (QED) is 0.472. The zero-order chi connectivity index (χ0) is 23.4. The first kappa shape index (κ1) is 23.0. The summed E-state index contributed by atoms with van der Waals surface area (Å²) in [5.74, 6) is 1.40. The first-order chi connectivity index (χ1) is 16.1. The molecule has 4 rings (SSSR count). The molecule has 1 aromatic heterocycles. The lowest BCUT2D eigenvalue weighted by Gasteiger charge is -2.32. The van der Waals surface area contributed by atoms with Gasteiger partial charge in [0, 0.05) is 12.5 Å². The molecule has 0 radical (unpaired) electrons. The Hall–Kier alpha value is -3.15. The summed E-state index contributed by atoms with van der Waals surface area (Å²) in [5.41, 5.74) is 1.11. The molecular weight excluding hydrogens is 414 g/mol. The van der Waals surface area contributed by atoms with Gasteiger partial charge in [0.1, 0.15) is 11.6 Å². The molecule has 6 nitrogen and oxygen atoms in total. The average Bonchev–Trinajstić information content (AvgIpc) is 3.39. The van der Waals surface area contributed by atoms with Crippen LogP contribution >= 0.6 is 0 Å². The Morgan fingerprint density at radius 3 is 2.58 bits per heavy atom. The van der Waals surface area contributed by atoms with Crippen LogP contribution in [0.4, 0.5) is 0 Å². The fourth-order valence-corrected chi connectivity index (χ4v) is 4.85. The van der Waals surface area contributed by atoms with Crippen LogP contribution < -0.4 is 10.3 Å². The van der Waals surface area contributed by atoms with E-state index in [1.54, 1.807) is 17.7 Å². The highest BCUT2D eigenvalue weighted by Crippen LogP contribution is 2.32. The number of ether oxygens (including phenoxy) is 1. The highest BCUT2D eigenvalue weighted by atomic mass is 16.5. The van der Waals surface area contributed by atoms with Gasteiger partial charge in [-0.25, -0.2) is 4.98 Å². The normalized spacial score (nSPS) is 15.0. The fraction of sp³-hybridized carbons (Fsp3) is 0.444. The molecular formula is C27H33N3O3. The summed E-state index contributed by atoms with van der Waals surface area (Å²) in [7, 11) is 1.60. The lowest BCUT2D eigenvalue weighted by Crippen LogP contribution is -2.40. The molecule has 1 saturated carbocycles. The van der Waals surface area contributed by atoms with Gasteiger partial charge in [-0.05, 0) is 50.5 Å². The molecule has 1 heterocycles. The summed E-state index contributed by atoms with van der Waals surface area (Å²) >= 11 is 0. The molecule has 1 amide bonds. The van der Waals surface area contributed by atoms with E-state index in [1.165, 1.54) is 0 Å². The Morgan fingerprint density at radius 1 is 1.15 bits per heavy atom. The molecule has 0 N–H and O–H groups in total. The Labute approximate surface area is 195 Å². The maximum Gasteiger partial charge on any atom is 0.266 e. The third-order valence-corrected chi connectivity index (χ3v) is 6.71. The molecule has 0 aliphatic heterocycles. The fourth-order valence-electron chi connectivity index (χ4n) is 4.85. The van der Waals surface area contributed by atoms with E-state index in [2.05, 4.69) is 6.92 Å². The van der Waals surface area contributed by atoms with E-state index in [0.717, 1.165) is 38.5 Å². The van der Waals surface area contributed by atoms with Crippen molar-refractivity contribution in [1.82, 2.24) is 14.5 Å². The molecule has 2 aromatic carbocycles. The number of aromatic nitrogens is 2. The van der Waals surface area contributed by atoms with E-state index in [0.29, 0.717) is 34.7 Å². The third-order valence-electron chi connectivity index (χ3n) is 6.71. The number of carbonyl (C=O) groups excluding carboxylic acids is 1. The predicted molar refractivity (Wildman–Crippen MR) is 131 cm³/mol. The van der Waals surface area contributed by atoms with Crippen LogP contribution in [0.1, 0.15) is 64.2 Å². The van der Waals surface area contributed by atoms with Crippen LogP contribution in [0.3, 0.4) is 0 Å². The van der Waals surface area contributed by atoms with Gasteiger partial charge >= 0.3 is 0 Å². The second-order valence-corrected chi connectivity index (χ2v) is 8.84. The molecule has 1 aliphatic carbocycles. The molecule has 6 heteroatoms. The largest absolute Gasteiger partial charge is 0.495 e. The Kier molecular flexibility index (Phi) is 7.11. The second kappa shape index (κ2) is 10.2. The summed E-state index contributed by atoms with van der Waals surface area (Å²) in [6.07, 6.45) is 6.00. The highest BCUT2D eigenvalue weighted by molar-refractivity contribution is 5.80. The monoisotopic (exact) mass is 447 g/mol. The molecule has 0 spiro atoms. The smallest absolute Gasteiger partial charge is 0.266 e. The zero-order valence-corrected chi connectivity index (χ0v) is 19.8. The van der Waals surface area contributed by atoms with Crippen molar-refractivity contribution in [3.8, 4) is 11.4 Å². The molecule has 0 saturated heterocycles. The number of fused-ring (bicyclic) bond motifs is 1. The van der Waals surface area contributed by atoms with E-state index in [4.69, 9.17) is 9.72 Å². The maximum absolute atomic E-state index is 13.7. The van der Waals surface area contributed by atoms with Crippen LogP contribution in [-0.4, -0.2) is 34.0 Å². The lowest BCUT2D eigenvalue weighted by molar-refractivity contribution is -0.137. The third kappa shape index (κ3) is 4.52. The van der Waals surface area contributed by atoms with Crippen LogP contribution in [0.2, 0.25) is 0 Å². The summed E-state index contributed by atoms with van der Waals surface area (Å²) < 4.78 is 7.22. The number of hydrogen-bond donors (Lipinski definition) is 0. The van der Waals surface area contributed by atoms with Crippen molar-refractivity contribution >= 4 is 16.8 Å². The molecule has 1 atom stereocenters. The summed E-state index contributed by atoms with van der Waals surface area (Å²) in [6.45, 7) is 4.77. The number of methoxy groups -OCH3 is 1. The van der Waals surface area contributed by atoms with E-state index >= 15 is 0 Å². The van der Waals surface area contributed by atoms with E-state index < -0.39 is 0 Å². The second-order valence-electron chi connectivity index (χ2n) is 8.84. The average molecular weight is 448 g/mol. The first-order valence-electron chi connectivity index (χ1n) is 12.0. The molecule has 174 valence electrons. The van der Waals surface area contributed by atoms with Crippen molar-refractivity contribution in [3.63, 3.8) is 0 Å². The number of benzene rings is 2. The molecule has 1 aliphatic rings. The lowest BCUT2D eigenvalue weighted by atomic mass is 10.0. The van der Waals surface area contributed by atoms with E-state index in [1.807, 2.05) is 54.3 Å². The zero-order valence-electron chi connectivity index (χ0n) is 19.8.